The van der Waals surface area contributed by atoms with Gasteiger partial charge in [0.15, 0.2) is 5.96 Å². The Morgan fingerprint density at radius 1 is 1.32 bits per heavy atom. The molecule has 0 bridgehead atoms. The van der Waals surface area contributed by atoms with Crippen molar-refractivity contribution in [3.05, 3.63) is 35.1 Å². The van der Waals surface area contributed by atoms with Crippen LogP contribution in [0.15, 0.2) is 23.2 Å². The monoisotopic (exact) mass is 462 g/mol. The van der Waals surface area contributed by atoms with Crippen LogP contribution in [0.2, 0.25) is 0 Å². The maximum atomic E-state index is 13.9. The first-order valence-corrected chi connectivity index (χ1v) is 8.87. The summed E-state index contributed by atoms with van der Waals surface area (Å²) in [4.78, 5) is 6.30. The van der Waals surface area contributed by atoms with Gasteiger partial charge in [-0.1, -0.05) is 25.8 Å². The van der Waals surface area contributed by atoms with Gasteiger partial charge in [-0.15, -0.1) is 24.0 Å². The number of nitrogens with one attached hydrogen (secondary N) is 2. The highest BCUT2D eigenvalue weighted by atomic mass is 127. The van der Waals surface area contributed by atoms with Crippen LogP contribution in [0.5, 0.6) is 0 Å². The van der Waals surface area contributed by atoms with E-state index in [0.29, 0.717) is 19.1 Å². The average Bonchev–Trinajstić information content (AvgIpc) is 2.53. The Morgan fingerprint density at radius 3 is 2.72 bits per heavy atom. The maximum Gasteiger partial charge on any atom is 0.191 e. The zero-order valence-electron chi connectivity index (χ0n) is 15.8. The summed E-state index contributed by atoms with van der Waals surface area (Å²) in [7, 11) is 5.69. The third-order valence-electron chi connectivity index (χ3n) is 4.56. The minimum Gasteiger partial charge on any atom is -0.354 e. The predicted octanol–water partition coefficient (Wildman–Crippen LogP) is 3.75. The molecule has 0 aliphatic heterocycles. The van der Waals surface area contributed by atoms with E-state index in [1.807, 2.05) is 31.1 Å². The zero-order chi connectivity index (χ0) is 17.5. The SMILES string of the molecule is CN=C(NCc1ccc(F)c(CN(C)C)c1)NC1CCCC(C)C1.I. The zero-order valence-corrected chi connectivity index (χ0v) is 18.1. The summed E-state index contributed by atoms with van der Waals surface area (Å²) in [6, 6.07) is 5.81. The Labute approximate surface area is 168 Å². The Morgan fingerprint density at radius 2 is 2.08 bits per heavy atom. The van der Waals surface area contributed by atoms with Gasteiger partial charge in [-0.2, -0.15) is 0 Å². The van der Waals surface area contributed by atoms with Gasteiger partial charge < -0.3 is 15.5 Å². The van der Waals surface area contributed by atoms with E-state index in [0.717, 1.165) is 23.0 Å². The van der Waals surface area contributed by atoms with E-state index in [4.69, 9.17) is 0 Å². The van der Waals surface area contributed by atoms with Crippen molar-refractivity contribution in [3.8, 4) is 0 Å². The van der Waals surface area contributed by atoms with E-state index < -0.39 is 0 Å². The van der Waals surface area contributed by atoms with Crippen LogP contribution in [0.1, 0.15) is 43.7 Å². The molecule has 1 fully saturated rings. The van der Waals surface area contributed by atoms with Gasteiger partial charge in [-0.05, 0) is 50.6 Å². The van der Waals surface area contributed by atoms with Crippen molar-refractivity contribution < 1.29 is 4.39 Å². The molecule has 2 unspecified atom stereocenters. The first-order chi connectivity index (χ1) is 11.5. The molecule has 0 spiro atoms. The lowest BCUT2D eigenvalue weighted by molar-refractivity contribution is 0.324. The van der Waals surface area contributed by atoms with Gasteiger partial charge >= 0.3 is 0 Å². The van der Waals surface area contributed by atoms with Gasteiger partial charge in [0.1, 0.15) is 5.82 Å². The van der Waals surface area contributed by atoms with Gasteiger partial charge in [0.05, 0.1) is 0 Å². The Kier molecular flexibility index (Phi) is 9.71. The minimum atomic E-state index is -0.147. The van der Waals surface area contributed by atoms with Crippen LogP contribution in [0.3, 0.4) is 0 Å². The molecule has 0 heterocycles. The summed E-state index contributed by atoms with van der Waals surface area (Å²) in [5, 5.41) is 6.87. The van der Waals surface area contributed by atoms with Crippen molar-refractivity contribution in [1.82, 2.24) is 15.5 Å². The van der Waals surface area contributed by atoms with E-state index in [1.54, 1.807) is 13.1 Å². The van der Waals surface area contributed by atoms with E-state index in [-0.39, 0.29) is 29.8 Å². The molecule has 1 aromatic rings. The second kappa shape index (κ2) is 11.0. The van der Waals surface area contributed by atoms with Crippen molar-refractivity contribution in [3.63, 3.8) is 0 Å². The maximum absolute atomic E-state index is 13.9. The second-order valence-electron chi connectivity index (χ2n) is 7.20. The first kappa shape index (κ1) is 22.2. The molecule has 6 heteroatoms. The Hall–Kier alpha value is -0.890. The van der Waals surface area contributed by atoms with Gasteiger partial charge in [0.25, 0.3) is 0 Å². The number of hydrogen-bond acceptors (Lipinski definition) is 2. The van der Waals surface area contributed by atoms with E-state index >= 15 is 0 Å². The number of benzene rings is 1. The largest absolute Gasteiger partial charge is 0.354 e. The molecule has 4 nitrogen and oxygen atoms in total. The Balaban J connectivity index is 0.00000312. The minimum absolute atomic E-state index is 0. The number of rotatable bonds is 5. The molecule has 0 radical (unpaired) electrons. The lowest BCUT2D eigenvalue weighted by Crippen LogP contribution is -2.44. The van der Waals surface area contributed by atoms with Crippen LogP contribution >= 0.6 is 24.0 Å². The van der Waals surface area contributed by atoms with Crippen LogP contribution < -0.4 is 10.6 Å². The van der Waals surface area contributed by atoms with Crippen molar-refractivity contribution >= 4 is 29.9 Å². The summed E-state index contributed by atoms with van der Waals surface area (Å²) in [6.45, 7) is 3.56. The Bertz CT molecular complexity index is 562. The van der Waals surface area contributed by atoms with Gasteiger partial charge in [-0.25, -0.2) is 4.39 Å². The lowest BCUT2D eigenvalue weighted by Gasteiger charge is -2.28. The molecular weight excluding hydrogens is 430 g/mol. The fourth-order valence-electron chi connectivity index (χ4n) is 3.34. The fraction of sp³-hybridized carbons (Fsp3) is 0.632. The molecule has 142 valence electrons. The molecular formula is C19H32FIN4. The molecule has 25 heavy (non-hydrogen) atoms. The van der Waals surface area contributed by atoms with E-state index in [9.17, 15) is 4.39 Å². The molecule has 1 saturated carbocycles. The second-order valence-corrected chi connectivity index (χ2v) is 7.20. The van der Waals surface area contributed by atoms with Crippen molar-refractivity contribution in [2.45, 2.75) is 51.7 Å². The number of nitrogens with zero attached hydrogens (tertiary/aromatic N) is 2. The quantitative estimate of drug-likeness (QED) is 0.398. The van der Waals surface area contributed by atoms with Crippen molar-refractivity contribution in [2.24, 2.45) is 10.9 Å². The predicted molar refractivity (Wildman–Crippen MR) is 114 cm³/mol. The number of guanidine groups is 1. The molecule has 2 atom stereocenters. The van der Waals surface area contributed by atoms with Crippen LogP contribution in [0.25, 0.3) is 0 Å². The van der Waals surface area contributed by atoms with Crippen LogP contribution in [0, 0.1) is 11.7 Å². The molecule has 1 aromatic carbocycles. The molecule has 0 aromatic heterocycles. The highest BCUT2D eigenvalue weighted by Gasteiger charge is 2.19. The molecule has 0 amide bonds. The third-order valence-corrected chi connectivity index (χ3v) is 4.56. The molecule has 0 saturated heterocycles. The van der Waals surface area contributed by atoms with Gasteiger partial charge in [0.2, 0.25) is 0 Å². The highest BCUT2D eigenvalue weighted by Crippen LogP contribution is 2.23. The normalized spacial score (nSPS) is 21.0. The smallest absolute Gasteiger partial charge is 0.191 e. The van der Waals surface area contributed by atoms with Crippen LogP contribution in [-0.4, -0.2) is 38.0 Å². The van der Waals surface area contributed by atoms with E-state index in [2.05, 4.69) is 22.5 Å². The average molecular weight is 462 g/mol. The standard InChI is InChI=1S/C19H31FN4.HI/c1-14-6-5-7-17(10-14)23-19(21-2)22-12-15-8-9-18(20)16(11-15)13-24(3)4;/h8-9,11,14,17H,5-7,10,12-13H2,1-4H3,(H2,21,22,23);1H. The first-order valence-electron chi connectivity index (χ1n) is 8.87. The van der Waals surface area contributed by atoms with Gasteiger partial charge in [-0.3, -0.25) is 4.99 Å². The van der Waals surface area contributed by atoms with Crippen LogP contribution in [0.4, 0.5) is 4.39 Å². The number of hydrogen-bond donors (Lipinski definition) is 2. The summed E-state index contributed by atoms with van der Waals surface area (Å²) in [6.07, 6.45) is 5.01. The lowest BCUT2D eigenvalue weighted by atomic mass is 9.87. The third kappa shape index (κ3) is 7.48. The molecule has 1 aliphatic rings. The summed E-state index contributed by atoms with van der Waals surface area (Å²) in [5.74, 6) is 1.46. The summed E-state index contributed by atoms with van der Waals surface area (Å²) in [5.41, 5.74) is 1.79. The molecule has 1 aliphatic carbocycles. The summed E-state index contributed by atoms with van der Waals surface area (Å²) >= 11 is 0. The summed E-state index contributed by atoms with van der Waals surface area (Å²) < 4.78 is 13.9. The number of aliphatic imine (C=N–C) groups is 1. The topological polar surface area (TPSA) is 39.7 Å². The molecule has 2 rings (SSSR count). The van der Waals surface area contributed by atoms with Crippen LogP contribution in [-0.2, 0) is 13.1 Å². The van der Waals surface area contributed by atoms with Gasteiger partial charge in [0, 0.05) is 31.7 Å². The molecule has 2 N–H and O–H groups in total. The fourth-order valence-corrected chi connectivity index (χ4v) is 3.34. The van der Waals surface area contributed by atoms with Crippen molar-refractivity contribution in [1.29, 1.82) is 0 Å². The van der Waals surface area contributed by atoms with E-state index in [1.165, 1.54) is 25.7 Å². The van der Waals surface area contributed by atoms with Crippen molar-refractivity contribution in [2.75, 3.05) is 21.1 Å². The highest BCUT2D eigenvalue weighted by molar-refractivity contribution is 14.0. The number of halogens is 2.